The zero-order valence-electron chi connectivity index (χ0n) is 10.6. The molecule has 0 aromatic heterocycles. The molecule has 0 bridgehead atoms. The number of hydrogen-bond donors (Lipinski definition) is 2. The molecular formula is C14H12ClFN2O2. The second-order valence-electron chi connectivity index (χ2n) is 4.14. The summed E-state index contributed by atoms with van der Waals surface area (Å²) in [6.45, 7) is 1.85. The van der Waals surface area contributed by atoms with Gasteiger partial charge in [0.15, 0.2) is 5.84 Å². The third-order valence-corrected chi connectivity index (χ3v) is 2.93. The summed E-state index contributed by atoms with van der Waals surface area (Å²) in [6.07, 6.45) is 0. The van der Waals surface area contributed by atoms with Crippen LogP contribution in [0.1, 0.15) is 11.1 Å². The molecule has 104 valence electrons. The number of nitrogens with zero attached hydrogens (tertiary/aromatic N) is 1. The van der Waals surface area contributed by atoms with E-state index in [1.807, 2.05) is 6.92 Å². The summed E-state index contributed by atoms with van der Waals surface area (Å²) in [7, 11) is 0. The predicted molar refractivity (Wildman–Crippen MR) is 75.2 cm³/mol. The molecule has 0 aliphatic carbocycles. The molecular weight excluding hydrogens is 283 g/mol. The van der Waals surface area contributed by atoms with Crippen molar-refractivity contribution < 1.29 is 14.3 Å². The van der Waals surface area contributed by atoms with Crippen molar-refractivity contribution in [3.05, 3.63) is 58.4 Å². The van der Waals surface area contributed by atoms with Gasteiger partial charge in [-0.25, -0.2) is 4.39 Å². The first-order valence-corrected chi connectivity index (χ1v) is 6.10. The monoisotopic (exact) mass is 294 g/mol. The van der Waals surface area contributed by atoms with E-state index in [0.717, 1.165) is 11.6 Å². The SMILES string of the molecule is Cc1ccc(Cl)cc1Oc1ccc(F)cc1C(N)=NO. The standard InChI is InChI=1S/C14H12ClFN2O2/c1-8-2-3-9(15)6-13(8)20-12-5-4-10(16)7-11(12)14(17)18-19/h2-7,19H,1H3,(H2,17,18). The Labute approximate surface area is 120 Å². The van der Waals surface area contributed by atoms with Crippen LogP contribution in [0.4, 0.5) is 4.39 Å². The Morgan fingerprint density at radius 1 is 1.25 bits per heavy atom. The average Bonchev–Trinajstić information content (AvgIpc) is 2.43. The maximum atomic E-state index is 13.3. The normalized spacial score (nSPS) is 11.4. The number of nitrogens with two attached hydrogens (primary N) is 1. The summed E-state index contributed by atoms with van der Waals surface area (Å²) in [4.78, 5) is 0. The van der Waals surface area contributed by atoms with Crippen LogP contribution < -0.4 is 10.5 Å². The highest BCUT2D eigenvalue weighted by Crippen LogP contribution is 2.30. The fraction of sp³-hybridized carbons (Fsp3) is 0.0714. The zero-order valence-corrected chi connectivity index (χ0v) is 11.4. The molecule has 0 aliphatic rings. The number of aryl methyl sites for hydroxylation is 1. The summed E-state index contributed by atoms with van der Waals surface area (Å²) in [5, 5.41) is 12.1. The summed E-state index contributed by atoms with van der Waals surface area (Å²) in [5.74, 6) is 0.0316. The van der Waals surface area contributed by atoms with E-state index in [0.29, 0.717) is 10.8 Å². The van der Waals surface area contributed by atoms with Gasteiger partial charge in [-0.15, -0.1) is 0 Å². The van der Waals surface area contributed by atoms with Crippen LogP contribution in [0.15, 0.2) is 41.6 Å². The van der Waals surface area contributed by atoms with Crippen molar-refractivity contribution in [2.24, 2.45) is 10.9 Å². The summed E-state index contributed by atoms with van der Waals surface area (Å²) < 4.78 is 18.9. The van der Waals surface area contributed by atoms with E-state index in [4.69, 9.17) is 27.3 Å². The quantitative estimate of drug-likeness (QED) is 0.393. The van der Waals surface area contributed by atoms with E-state index < -0.39 is 5.82 Å². The molecule has 6 heteroatoms. The fourth-order valence-electron chi connectivity index (χ4n) is 1.65. The Hall–Kier alpha value is -2.27. The third-order valence-electron chi connectivity index (χ3n) is 2.70. The molecule has 2 rings (SSSR count). The van der Waals surface area contributed by atoms with Crippen molar-refractivity contribution in [3.8, 4) is 11.5 Å². The highest BCUT2D eigenvalue weighted by Gasteiger charge is 2.12. The van der Waals surface area contributed by atoms with Gasteiger partial charge >= 0.3 is 0 Å². The number of halogens is 2. The van der Waals surface area contributed by atoms with Gasteiger partial charge in [-0.1, -0.05) is 22.8 Å². The highest BCUT2D eigenvalue weighted by atomic mass is 35.5. The Kier molecular flexibility index (Phi) is 4.10. The van der Waals surface area contributed by atoms with Crippen LogP contribution in [0.5, 0.6) is 11.5 Å². The smallest absolute Gasteiger partial charge is 0.173 e. The molecule has 0 fully saturated rings. The van der Waals surface area contributed by atoms with Gasteiger partial charge in [-0.3, -0.25) is 0 Å². The van der Waals surface area contributed by atoms with Crippen LogP contribution in [0.3, 0.4) is 0 Å². The summed E-state index contributed by atoms with van der Waals surface area (Å²) in [6, 6.07) is 8.93. The molecule has 0 spiro atoms. The van der Waals surface area contributed by atoms with Gasteiger partial charge in [0, 0.05) is 5.02 Å². The first kappa shape index (κ1) is 14.1. The minimum Gasteiger partial charge on any atom is -0.456 e. The number of hydrogen-bond acceptors (Lipinski definition) is 3. The lowest BCUT2D eigenvalue weighted by Crippen LogP contribution is -2.14. The molecule has 0 amide bonds. The minimum atomic E-state index is -0.512. The summed E-state index contributed by atoms with van der Waals surface area (Å²) in [5.41, 5.74) is 6.52. The molecule has 2 aromatic rings. The van der Waals surface area contributed by atoms with Crippen molar-refractivity contribution in [2.75, 3.05) is 0 Å². The van der Waals surface area contributed by atoms with Crippen LogP contribution in [-0.4, -0.2) is 11.0 Å². The average molecular weight is 295 g/mol. The van der Waals surface area contributed by atoms with Gasteiger partial charge in [0.2, 0.25) is 0 Å². The lowest BCUT2D eigenvalue weighted by molar-refractivity contribution is 0.318. The van der Waals surface area contributed by atoms with Crippen LogP contribution in [0, 0.1) is 12.7 Å². The second kappa shape index (κ2) is 5.79. The number of benzene rings is 2. The first-order chi connectivity index (χ1) is 9.51. The Bertz CT molecular complexity index is 674. The lowest BCUT2D eigenvalue weighted by Gasteiger charge is -2.12. The topological polar surface area (TPSA) is 67.8 Å². The van der Waals surface area contributed by atoms with E-state index in [-0.39, 0.29) is 17.1 Å². The number of ether oxygens (including phenoxy) is 1. The lowest BCUT2D eigenvalue weighted by atomic mass is 10.1. The maximum absolute atomic E-state index is 13.3. The van der Waals surface area contributed by atoms with Crippen molar-refractivity contribution in [1.29, 1.82) is 0 Å². The number of oxime groups is 1. The number of amidine groups is 1. The van der Waals surface area contributed by atoms with E-state index in [2.05, 4.69) is 5.16 Å². The molecule has 0 aliphatic heterocycles. The van der Waals surface area contributed by atoms with Crippen molar-refractivity contribution in [2.45, 2.75) is 6.92 Å². The van der Waals surface area contributed by atoms with Crippen molar-refractivity contribution in [3.63, 3.8) is 0 Å². The van der Waals surface area contributed by atoms with Crippen molar-refractivity contribution >= 4 is 17.4 Å². The fourth-order valence-corrected chi connectivity index (χ4v) is 1.81. The second-order valence-corrected chi connectivity index (χ2v) is 4.57. The van der Waals surface area contributed by atoms with Crippen molar-refractivity contribution in [1.82, 2.24) is 0 Å². The highest BCUT2D eigenvalue weighted by molar-refractivity contribution is 6.30. The molecule has 0 atom stereocenters. The molecule has 0 radical (unpaired) electrons. The van der Waals surface area contributed by atoms with Gasteiger partial charge in [-0.05, 0) is 42.8 Å². The van der Waals surface area contributed by atoms with Gasteiger partial charge in [-0.2, -0.15) is 0 Å². The van der Waals surface area contributed by atoms with E-state index >= 15 is 0 Å². The Balaban J connectivity index is 2.46. The first-order valence-electron chi connectivity index (χ1n) is 5.72. The van der Waals surface area contributed by atoms with Crippen LogP contribution in [-0.2, 0) is 0 Å². The van der Waals surface area contributed by atoms with E-state index in [1.54, 1.807) is 18.2 Å². The van der Waals surface area contributed by atoms with E-state index in [1.165, 1.54) is 12.1 Å². The molecule has 3 N–H and O–H groups in total. The summed E-state index contributed by atoms with van der Waals surface area (Å²) >= 11 is 5.91. The van der Waals surface area contributed by atoms with Gasteiger partial charge < -0.3 is 15.7 Å². The zero-order chi connectivity index (χ0) is 14.7. The van der Waals surface area contributed by atoms with Crippen LogP contribution in [0.2, 0.25) is 5.02 Å². The van der Waals surface area contributed by atoms with Gasteiger partial charge in [0.05, 0.1) is 5.56 Å². The molecule has 0 heterocycles. The van der Waals surface area contributed by atoms with Crippen LogP contribution >= 0.6 is 11.6 Å². The Morgan fingerprint density at radius 2 is 2.00 bits per heavy atom. The minimum absolute atomic E-state index is 0.159. The largest absolute Gasteiger partial charge is 0.456 e. The van der Waals surface area contributed by atoms with Gasteiger partial charge in [0.1, 0.15) is 17.3 Å². The third kappa shape index (κ3) is 3.00. The molecule has 4 nitrogen and oxygen atoms in total. The Morgan fingerprint density at radius 3 is 2.70 bits per heavy atom. The maximum Gasteiger partial charge on any atom is 0.173 e. The molecule has 20 heavy (non-hydrogen) atoms. The molecule has 0 unspecified atom stereocenters. The van der Waals surface area contributed by atoms with E-state index in [9.17, 15) is 4.39 Å². The molecule has 2 aromatic carbocycles. The molecule has 0 saturated carbocycles. The molecule has 0 saturated heterocycles. The predicted octanol–water partition coefficient (Wildman–Crippen LogP) is 3.67. The van der Waals surface area contributed by atoms with Gasteiger partial charge in [0.25, 0.3) is 0 Å². The van der Waals surface area contributed by atoms with Crippen LogP contribution in [0.25, 0.3) is 0 Å². The number of rotatable bonds is 3.